The first-order chi connectivity index (χ1) is 12.6. The zero-order chi connectivity index (χ0) is 18.5. The quantitative estimate of drug-likeness (QED) is 0.717. The molecular formula is C20H15N3O3. The van der Waals surface area contributed by atoms with Gasteiger partial charge in [0.25, 0.3) is 5.91 Å². The Morgan fingerprint density at radius 1 is 1.19 bits per heavy atom. The molecule has 0 unspecified atom stereocenters. The first kappa shape index (κ1) is 17.1. The van der Waals surface area contributed by atoms with Crippen molar-refractivity contribution in [1.82, 2.24) is 10.3 Å². The monoisotopic (exact) mass is 345 g/mol. The summed E-state index contributed by atoms with van der Waals surface area (Å²) in [5.74, 6) is -1.63. The van der Waals surface area contributed by atoms with Gasteiger partial charge in [-0.15, -0.1) is 0 Å². The van der Waals surface area contributed by atoms with Crippen LogP contribution in [0.4, 0.5) is 0 Å². The van der Waals surface area contributed by atoms with E-state index in [1.54, 1.807) is 61.7 Å². The molecule has 3 rings (SSSR count). The van der Waals surface area contributed by atoms with Gasteiger partial charge < -0.3 is 9.73 Å². The lowest BCUT2D eigenvalue weighted by molar-refractivity contribution is -0.115. The molecule has 0 fully saturated rings. The first-order valence-electron chi connectivity index (χ1n) is 7.91. The third kappa shape index (κ3) is 3.52. The number of nitriles is 1. The van der Waals surface area contributed by atoms with Gasteiger partial charge >= 0.3 is 0 Å². The van der Waals surface area contributed by atoms with Gasteiger partial charge in [0.1, 0.15) is 5.52 Å². The molecule has 6 nitrogen and oxygen atoms in total. The molecule has 1 atom stereocenters. The van der Waals surface area contributed by atoms with Crippen molar-refractivity contribution in [3.05, 3.63) is 71.6 Å². The molecule has 2 aromatic carbocycles. The largest absolute Gasteiger partial charge is 0.439 e. The van der Waals surface area contributed by atoms with E-state index < -0.39 is 11.7 Å². The second kappa shape index (κ2) is 7.45. The molecule has 0 aliphatic heterocycles. The van der Waals surface area contributed by atoms with E-state index in [-0.39, 0.29) is 11.8 Å². The Morgan fingerprint density at radius 3 is 2.58 bits per heavy atom. The number of nitrogens with zero attached hydrogens (tertiary/aromatic N) is 2. The summed E-state index contributed by atoms with van der Waals surface area (Å²) >= 11 is 0. The highest BCUT2D eigenvalue weighted by Crippen LogP contribution is 2.22. The van der Waals surface area contributed by atoms with Crippen LogP contribution in [0, 0.1) is 11.3 Å². The van der Waals surface area contributed by atoms with Gasteiger partial charge in [-0.3, -0.25) is 9.59 Å². The maximum Gasteiger partial charge on any atom is 0.251 e. The third-order valence-corrected chi connectivity index (χ3v) is 3.81. The van der Waals surface area contributed by atoms with Crippen molar-refractivity contribution in [1.29, 1.82) is 5.26 Å². The molecule has 0 saturated carbocycles. The molecule has 1 heterocycles. The number of ketones is 1. The fourth-order valence-corrected chi connectivity index (χ4v) is 2.42. The summed E-state index contributed by atoms with van der Waals surface area (Å²) in [5.41, 5.74) is 2.39. The minimum atomic E-state index is -1.11. The number of carbonyl (C=O) groups excluding carboxylic acids is 2. The number of amides is 1. The van der Waals surface area contributed by atoms with Gasteiger partial charge in [0, 0.05) is 12.6 Å². The van der Waals surface area contributed by atoms with Crippen molar-refractivity contribution in [2.75, 3.05) is 7.05 Å². The predicted molar refractivity (Wildman–Crippen MR) is 96.2 cm³/mol. The predicted octanol–water partition coefficient (Wildman–Crippen LogP) is 3.08. The van der Waals surface area contributed by atoms with Crippen LogP contribution in [-0.4, -0.2) is 23.7 Å². The molecule has 0 saturated heterocycles. The SMILES string of the molecule is CNC(=O)c1ccc(/C=C/C(=O)[C@H](C#N)c2nc3ccccc3o2)cc1. The molecule has 0 aliphatic carbocycles. The van der Waals surface area contributed by atoms with Crippen LogP contribution >= 0.6 is 0 Å². The Balaban J connectivity index is 1.77. The van der Waals surface area contributed by atoms with E-state index in [0.29, 0.717) is 16.7 Å². The molecule has 1 N–H and O–H groups in total. The molecule has 0 spiro atoms. The van der Waals surface area contributed by atoms with Crippen LogP contribution in [0.5, 0.6) is 0 Å². The Bertz CT molecular complexity index is 993. The number of rotatable bonds is 5. The summed E-state index contributed by atoms with van der Waals surface area (Å²) < 4.78 is 5.52. The number of fused-ring (bicyclic) bond motifs is 1. The van der Waals surface area contributed by atoms with Gasteiger partial charge in [0.05, 0.1) is 6.07 Å². The molecule has 0 bridgehead atoms. The zero-order valence-electron chi connectivity index (χ0n) is 14.0. The zero-order valence-corrected chi connectivity index (χ0v) is 14.0. The fourth-order valence-electron chi connectivity index (χ4n) is 2.42. The Morgan fingerprint density at radius 2 is 1.92 bits per heavy atom. The number of benzene rings is 2. The van der Waals surface area contributed by atoms with E-state index >= 15 is 0 Å². The third-order valence-electron chi connectivity index (χ3n) is 3.81. The molecule has 6 heteroatoms. The number of allylic oxidation sites excluding steroid dienone is 1. The van der Waals surface area contributed by atoms with E-state index in [9.17, 15) is 14.9 Å². The van der Waals surface area contributed by atoms with Crippen molar-refractivity contribution in [2.45, 2.75) is 5.92 Å². The maximum absolute atomic E-state index is 12.4. The van der Waals surface area contributed by atoms with Gasteiger partial charge in [-0.1, -0.05) is 30.3 Å². The number of oxazole rings is 1. The van der Waals surface area contributed by atoms with E-state index in [2.05, 4.69) is 10.3 Å². The summed E-state index contributed by atoms with van der Waals surface area (Å²) in [4.78, 5) is 28.1. The average molecular weight is 345 g/mol. The second-order valence-corrected chi connectivity index (χ2v) is 5.52. The lowest BCUT2D eigenvalue weighted by Crippen LogP contribution is -2.17. The van der Waals surface area contributed by atoms with Crippen LogP contribution in [0.25, 0.3) is 17.2 Å². The Labute approximate surface area is 149 Å². The van der Waals surface area contributed by atoms with Crippen molar-refractivity contribution in [3.8, 4) is 6.07 Å². The highest BCUT2D eigenvalue weighted by atomic mass is 16.3. The van der Waals surface area contributed by atoms with Crippen LogP contribution in [0.15, 0.2) is 59.0 Å². The first-order valence-corrected chi connectivity index (χ1v) is 7.91. The van der Waals surface area contributed by atoms with Crippen LogP contribution in [-0.2, 0) is 4.79 Å². The molecule has 3 aromatic rings. The molecule has 0 radical (unpaired) electrons. The van der Waals surface area contributed by atoms with Crippen molar-refractivity contribution in [3.63, 3.8) is 0 Å². The fraction of sp³-hybridized carbons (Fsp3) is 0.100. The van der Waals surface area contributed by atoms with Crippen molar-refractivity contribution < 1.29 is 14.0 Å². The number of aromatic nitrogens is 1. The lowest BCUT2D eigenvalue weighted by atomic mass is 10.0. The summed E-state index contributed by atoms with van der Waals surface area (Å²) in [6, 6.07) is 15.8. The van der Waals surface area contributed by atoms with Crippen LogP contribution < -0.4 is 5.32 Å². The van der Waals surface area contributed by atoms with Crippen molar-refractivity contribution >= 4 is 28.9 Å². The van der Waals surface area contributed by atoms with Crippen LogP contribution in [0.3, 0.4) is 0 Å². The summed E-state index contributed by atoms with van der Waals surface area (Å²) in [6.45, 7) is 0. The number of hydrogen-bond donors (Lipinski definition) is 1. The molecule has 26 heavy (non-hydrogen) atoms. The molecule has 128 valence electrons. The number of hydrogen-bond acceptors (Lipinski definition) is 5. The Hall–Kier alpha value is -3.72. The normalized spacial score (nSPS) is 12.0. The lowest BCUT2D eigenvalue weighted by Gasteiger charge is -2.01. The number of nitrogens with one attached hydrogen (secondary N) is 1. The van der Waals surface area contributed by atoms with Gasteiger partial charge in [0.15, 0.2) is 17.3 Å². The minimum absolute atomic E-state index is 0.0818. The van der Waals surface area contributed by atoms with E-state index in [1.165, 1.54) is 6.08 Å². The van der Waals surface area contributed by atoms with E-state index in [0.717, 1.165) is 5.56 Å². The standard InChI is InChI=1S/C20H15N3O3/c1-22-19(25)14-9-6-13(7-10-14)8-11-17(24)15(12-21)20-23-16-4-2-3-5-18(16)26-20/h2-11,15H,1H3,(H,22,25)/b11-8+/t15-/m0/s1. The summed E-state index contributed by atoms with van der Waals surface area (Å²) in [7, 11) is 1.56. The summed E-state index contributed by atoms with van der Waals surface area (Å²) in [5, 5.41) is 11.9. The van der Waals surface area contributed by atoms with Gasteiger partial charge in [-0.25, -0.2) is 4.98 Å². The molecule has 1 aromatic heterocycles. The minimum Gasteiger partial charge on any atom is -0.439 e. The average Bonchev–Trinajstić information content (AvgIpc) is 3.10. The smallest absolute Gasteiger partial charge is 0.251 e. The van der Waals surface area contributed by atoms with Gasteiger partial charge in [0.2, 0.25) is 5.89 Å². The second-order valence-electron chi connectivity index (χ2n) is 5.52. The highest BCUT2D eigenvalue weighted by Gasteiger charge is 2.23. The molecular weight excluding hydrogens is 330 g/mol. The number of para-hydroxylation sites is 2. The molecule has 0 aliphatic rings. The highest BCUT2D eigenvalue weighted by molar-refractivity contribution is 6.00. The van der Waals surface area contributed by atoms with Gasteiger partial charge in [-0.2, -0.15) is 5.26 Å². The Kier molecular flexibility index (Phi) is 4.90. The number of carbonyl (C=O) groups is 2. The topological polar surface area (TPSA) is 96.0 Å². The van der Waals surface area contributed by atoms with Crippen molar-refractivity contribution in [2.24, 2.45) is 0 Å². The van der Waals surface area contributed by atoms with E-state index in [4.69, 9.17) is 4.42 Å². The maximum atomic E-state index is 12.4. The van der Waals surface area contributed by atoms with E-state index in [1.807, 2.05) is 6.07 Å². The van der Waals surface area contributed by atoms with Crippen LogP contribution in [0.2, 0.25) is 0 Å². The van der Waals surface area contributed by atoms with Crippen LogP contribution in [0.1, 0.15) is 27.7 Å². The van der Waals surface area contributed by atoms with Gasteiger partial charge in [-0.05, 0) is 35.9 Å². The summed E-state index contributed by atoms with van der Waals surface area (Å²) in [6.07, 6.45) is 2.90. The molecule has 1 amide bonds.